The molecule has 1 heterocycles. The number of hydrogen-bond acceptors (Lipinski definition) is 6. The lowest BCUT2D eigenvalue weighted by atomic mass is 9.92. The number of ether oxygens (including phenoxy) is 4. The molecule has 0 aromatic carbocycles. The average molecular weight is 582 g/mol. The van der Waals surface area contributed by atoms with Gasteiger partial charge >= 0.3 is 0 Å². The van der Waals surface area contributed by atoms with Crippen LogP contribution >= 0.6 is 0 Å². The molecule has 1 aliphatic rings. The summed E-state index contributed by atoms with van der Waals surface area (Å²) >= 11 is 0. The molecule has 0 aromatic rings. The van der Waals surface area contributed by atoms with Gasteiger partial charge in [0.1, 0.15) is 26.2 Å². The fraction of sp³-hybridized carbons (Fsp3) is 0.970. The lowest BCUT2D eigenvalue weighted by Crippen LogP contribution is -2.41. The molecule has 1 rings (SSSR count). The Morgan fingerprint density at radius 1 is 0.829 bits per heavy atom. The number of nitrogens with one attached hydrogen (secondary N) is 1. The van der Waals surface area contributed by atoms with E-state index in [1.54, 1.807) is 0 Å². The van der Waals surface area contributed by atoms with Crippen molar-refractivity contribution >= 4 is 13.8 Å². The molecular formula is C33H64BNO6. The molecule has 2 radical (unpaired) electrons. The van der Waals surface area contributed by atoms with Gasteiger partial charge in [-0.15, -0.1) is 0 Å². The van der Waals surface area contributed by atoms with Crippen molar-refractivity contribution in [3.8, 4) is 0 Å². The lowest BCUT2D eigenvalue weighted by Gasteiger charge is -2.26. The van der Waals surface area contributed by atoms with Crippen molar-refractivity contribution in [1.29, 1.82) is 0 Å². The van der Waals surface area contributed by atoms with Crippen molar-refractivity contribution in [2.45, 2.75) is 186 Å². The molecule has 2 N–H and O–H groups in total. The van der Waals surface area contributed by atoms with E-state index in [9.17, 15) is 9.90 Å². The van der Waals surface area contributed by atoms with Crippen molar-refractivity contribution in [1.82, 2.24) is 5.32 Å². The average Bonchev–Trinajstić information content (AvgIpc) is 3.22. The molecule has 41 heavy (non-hydrogen) atoms. The summed E-state index contributed by atoms with van der Waals surface area (Å²) in [7, 11) is 6.23. The third-order valence-electron chi connectivity index (χ3n) is 7.72. The highest BCUT2D eigenvalue weighted by Gasteiger charge is 2.44. The maximum atomic E-state index is 12.4. The van der Waals surface area contributed by atoms with Crippen LogP contribution in [-0.2, 0) is 23.7 Å². The predicted octanol–water partition coefficient (Wildman–Crippen LogP) is 6.61. The SMILES string of the molecule is [B][C@@H]1O[C@H](COC(C)C)C(OC(C)C)[C@@H]1OCCCCC(CO)NC(=O)CCCCCCCCCCCCCCC. The van der Waals surface area contributed by atoms with Crippen LogP contribution in [0.3, 0.4) is 0 Å². The topological polar surface area (TPSA) is 86.2 Å². The van der Waals surface area contributed by atoms with Gasteiger partial charge in [-0.25, -0.2) is 0 Å². The number of aliphatic hydroxyl groups excluding tert-OH is 1. The standard InChI is InChI=1S/C33H64BNO6/c1-6-7-8-9-10-11-12-13-14-15-16-17-18-22-30(37)35-28(24-36)21-19-20-23-38-32-31(40-27(4)5)29(41-33(32)34)25-39-26(2)3/h26-29,31-33,36H,6-25H2,1-5H3,(H,35,37)/t28?,29-,31?,32+,33-/m1/s1. The molecule has 1 aliphatic heterocycles. The van der Waals surface area contributed by atoms with Gasteiger partial charge in [0.2, 0.25) is 5.91 Å². The van der Waals surface area contributed by atoms with Gasteiger partial charge in [-0.1, -0.05) is 84.0 Å². The summed E-state index contributed by atoms with van der Waals surface area (Å²) in [6.07, 6.45) is 18.9. The van der Waals surface area contributed by atoms with Gasteiger partial charge < -0.3 is 29.4 Å². The van der Waals surface area contributed by atoms with Crippen molar-refractivity contribution in [2.24, 2.45) is 0 Å². The molecule has 0 bridgehead atoms. The largest absolute Gasteiger partial charge is 0.394 e. The Hall–Kier alpha value is -0.665. The summed E-state index contributed by atoms with van der Waals surface area (Å²) in [6, 6.07) is -0.773. The molecule has 8 heteroatoms. The first-order chi connectivity index (χ1) is 19.8. The number of unbranched alkanes of at least 4 members (excludes halogenated alkanes) is 13. The van der Waals surface area contributed by atoms with Crippen LogP contribution in [0.4, 0.5) is 0 Å². The summed E-state index contributed by atoms with van der Waals surface area (Å²) < 4.78 is 23.9. The van der Waals surface area contributed by atoms with Crippen molar-refractivity contribution in [2.75, 3.05) is 19.8 Å². The van der Waals surface area contributed by atoms with E-state index in [0.29, 0.717) is 26.1 Å². The number of hydrogen-bond donors (Lipinski definition) is 2. The molecule has 0 aromatic heterocycles. The molecule has 240 valence electrons. The van der Waals surface area contributed by atoms with E-state index >= 15 is 0 Å². The minimum atomic E-state index is -0.561. The first-order valence-electron chi connectivity index (χ1n) is 17.0. The summed E-state index contributed by atoms with van der Waals surface area (Å²) in [5.74, 6) is 0.0424. The van der Waals surface area contributed by atoms with Gasteiger partial charge in [-0.2, -0.15) is 0 Å². The zero-order valence-corrected chi connectivity index (χ0v) is 27.2. The van der Waals surface area contributed by atoms with E-state index in [1.807, 2.05) is 27.7 Å². The fourth-order valence-corrected chi connectivity index (χ4v) is 5.37. The molecule has 1 saturated heterocycles. The van der Waals surface area contributed by atoms with Gasteiger partial charge in [-0.05, 0) is 53.4 Å². The van der Waals surface area contributed by atoms with E-state index in [1.165, 1.54) is 70.6 Å². The number of amides is 1. The smallest absolute Gasteiger partial charge is 0.220 e. The minimum absolute atomic E-state index is 0.0233. The summed E-state index contributed by atoms with van der Waals surface area (Å²) in [5, 5.41) is 12.8. The molecule has 2 unspecified atom stereocenters. The van der Waals surface area contributed by atoms with Crippen LogP contribution in [0.25, 0.3) is 0 Å². The highest BCUT2D eigenvalue weighted by atomic mass is 16.6. The Labute approximate surface area is 254 Å². The van der Waals surface area contributed by atoms with Gasteiger partial charge in [0.25, 0.3) is 0 Å². The third-order valence-corrected chi connectivity index (χ3v) is 7.72. The van der Waals surface area contributed by atoms with Crippen molar-refractivity contribution in [3.63, 3.8) is 0 Å². The van der Waals surface area contributed by atoms with E-state index in [-0.39, 0.29) is 49.1 Å². The Morgan fingerprint density at radius 3 is 1.95 bits per heavy atom. The molecule has 0 aliphatic carbocycles. The molecule has 5 atom stereocenters. The first-order valence-corrected chi connectivity index (χ1v) is 17.0. The maximum absolute atomic E-state index is 12.4. The lowest BCUT2D eigenvalue weighted by molar-refractivity contribution is -0.122. The summed E-state index contributed by atoms with van der Waals surface area (Å²) in [5.41, 5.74) is 0. The molecule has 0 saturated carbocycles. The first kappa shape index (κ1) is 38.4. The number of carbonyl (C=O) groups excluding carboxylic acids is 1. The molecule has 1 amide bonds. The van der Waals surface area contributed by atoms with E-state index in [4.69, 9.17) is 26.8 Å². The van der Waals surface area contributed by atoms with Gasteiger partial charge in [0.15, 0.2) is 0 Å². The number of carbonyl (C=O) groups is 1. The van der Waals surface area contributed by atoms with E-state index in [0.717, 1.165) is 25.7 Å². The van der Waals surface area contributed by atoms with Crippen LogP contribution in [0, 0.1) is 0 Å². The predicted molar refractivity (Wildman–Crippen MR) is 168 cm³/mol. The molecule has 1 fully saturated rings. The zero-order chi connectivity index (χ0) is 30.3. The second-order valence-electron chi connectivity index (χ2n) is 12.4. The number of aliphatic hydroxyl groups is 1. The van der Waals surface area contributed by atoms with Crippen LogP contribution < -0.4 is 5.32 Å². The van der Waals surface area contributed by atoms with E-state index in [2.05, 4.69) is 12.2 Å². The third kappa shape index (κ3) is 19.3. The Balaban J connectivity index is 2.13. The second-order valence-corrected chi connectivity index (χ2v) is 12.4. The highest BCUT2D eigenvalue weighted by molar-refractivity contribution is 6.11. The monoisotopic (exact) mass is 581 g/mol. The van der Waals surface area contributed by atoms with Crippen molar-refractivity contribution < 1.29 is 28.8 Å². The highest BCUT2D eigenvalue weighted by Crippen LogP contribution is 2.27. The van der Waals surface area contributed by atoms with E-state index < -0.39 is 6.00 Å². The molecular weight excluding hydrogens is 517 g/mol. The number of rotatable bonds is 27. The van der Waals surface area contributed by atoms with Crippen LogP contribution in [0.1, 0.15) is 144 Å². The zero-order valence-electron chi connectivity index (χ0n) is 27.2. The Bertz CT molecular complexity index is 623. The summed E-state index contributed by atoms with van der Waals surface area (Å²) in [6.45, 7) is 11.1. The van der Waals surface area contributed by atoms with Crippen LogP contribution in [0.15, 0.2) is 0 Å². The maximum Gasteiger partial charge on any atom is 0.220 e. The Morgan fingerprint density at radius 2 is 1.41 bits per heavy atom. The normalized spacial score (nSPS) is 21.7. The second kappa shape index (κ2) is 24.7. The molecule has 7 nitrogen and oxygen atoms in total. The van der Waals surface area contributed by atoms with Gasteiger partial charge in [0, 0.05) is 19.0 Å². The summed E-state index contributed by atoms with van der Waals surface area (Å²) in [4.78, 5) is 12.4. The molecule has 0 spiro atoms. The minimum Gasteiger partial charge on any atom is -0.394 e. The van der Waals surface area contributed by atoms with Crippen molar-refractivity contribution in [3.05, 3.63) is 0 Å². The van der Waals surface area contributed by atoms with Crippen LogP contribution in [0.5, 0.6) is 0 Å². The fourth-order valence-electron chi connectivity index (χ4n) is 5.37. The quantitative estimate of drug-likeness (QED) is 0.0839. The van der Waals surface area contributed by atoms with Crippen LogP contribution in [0.2, 0.25) is 0 Å². The van der Waals surface area contributed by atoms with Crippen LogP contribution in [-0.4, -0.2) is 81.2 Å². The van der Waals surface area contributed by atoms with Gasteiger partial charge in [-0.3, -0.25) is 4.79 Å². The van der Waals surface area contributed by atoms with Gasteiger partial charge in [0.05, 0.1) is 31.5 Å². The Kier molecular flexibility index (Phi) is 23.1.